The van der Waals surface area contributed by atoms with Crippen LogP contribution in [0.25, 0.3) is 0 Å². The molecule has 0 bridgehead atoms. The predicted octanol–water partition coefficient (Wildman–Crippen LogP) is 2.51. The number of piperazine rings is 1. The van der Waals surface area contributed by atoms with Crippen LogP contribution in [0.4, 0.5) is 23.7 Å². The average Bonchev–Trinajstić information content (AvgIpc) is 3.48. The Kier molecular flexibility index (Phi) is 4.52. The van der Waals surface area contributed by atoms with Gasteiger partial charge in [0, 0.05) is 31.9 Å². The van der Waals surface area contributed by atoms with Gasteiger partial charge < -0.3 is 10.2 Å². The molecule has 0 aromatic heterocycles. The van der Waals surface area contributed by atoms with Crippen molar-refractivity contribution in [2.45, 2.75) is 31.5 Å². The first-order chi connectivity index (χ1) is 13.2. The van der Waals surface area contributed by atoms with Gasteiger partial charge in [0.15, 0.2) is 0 Å². The number of imide groups is 1. The Morgan fingerprint density at radius 2 is 1.82 bits per heavy atom. The molecule has 1 saturated carbocycles. The molecule has 9 heteroatoms. The Labute approximate surface area is 161 Å². The molecule has 2 heterocycles. The predicted molar refractivity (Wildman–Crippen MR) is 96.6 cm³/mol. The van der Waals surface area contributed by atoms with Crippen LogP contribution in [0.3, 0.4) is 0 Å². The largest absolute Gasteiger partial charge is 0.416 e. The molecule has 3 aliphatic rings. The molecule has 1 atom stereocenters. The number of nitrogens with one attached hydrogen (secondary N) is 1. The number of rotatable bonds is 4. The molecule has 0 unspecified atom stereocenters. The zero-order chi connectivity index (χ0) is 20.1. The van der Waals surface area contributed by atoms with E-state index in [4.69, 9.17) is 0 Å². The molecule has 0 radical (unpaired) electrons. The number of carbonyl (C=O) groups excluding carboxylic acids is 2. The van der Waals surface area contributed by atoms with Gasteiger partial charge in [-0.3, -0.25) is 9.69 Å². The minimum absolute atomic E-state index is 0.180. The van der Waals surface area contributed by atoms with Gasteiger partial charge in [0.1, 0.15) is 5.54 Å². The summed E-state index contributed by atoms with van der Waals surface area (Å²) in [6.45, 7) is 4.19. The van der Waals surface area contributed by atoms with Gasteiger partial charge in [0.25, 0.3) is 5.91 Å². The van der Waals surface area contributed by atoms with Gasteiger partial charge in [-0.1, -0.05) is 6.07 Å². The molecule has 2 aliphatic heterocycles. The molecule has 152 valence electrons. The highest BCUT2D eigenvalue weighted by molar-refractivity contribution is 6.07. The van der Waals surface area contributed by atoms with Crippen molar-refractivity contribution in [3.63, 3.8) is 0 Å². The van der Waals surface area contributed by atoms with Crippen LogP contribution in [0, 0.1) is 5.92 Å². The van der Waals surface area contributed by atoms with Crippen LogP contribution in [0.2, 0.25) is 0 Å². The summed E-state index contributed by atoms with van der Waals surface area (Å²) in [6, 6.07) is 4.95. The second-order valence-electron chi connectivity index (χ2n) is 7.93. The van der Waals surface area contributed by atoms with Crippen molar-refractivity contribution in [3.05, 3.63) is 29.8 Å². The Bertz CT molecular complexity index is 788. The zero-order valence-electron chi connectivity index (χ0n) is 15.6. The summed E-state index contributed by atoms with van der Waals surface area (Å²) in [7, 11) is 0. The van der Waals surface area contributed by atoms with Crippen molar-refractivity contribution in [2.75, 3.05) is 37.7 Å². The number of urea groups is 1. The first-order valence-electron chi connectivity index (χ1n) is 9.47. The fraction of sp³-hybridized carbons (Fsp3) is 0.579. The fourth-order valence-electron chi connectivity index (χ4n) is 4.01. The molecule has 2 saturated heterocycles. The highest BCUT2D eigenvalue weighted by atomic mass is 19.4. The summed E-state index contributed by atoms with van der Waals surface area (Å²) in [6.07, 6.45) is -2.46. The number of halogens is 3. The summed E-state index contributed by atoms with van der Waals surface area (Å²) in [4.78, 5) is 30.1. The van der Waals surface area contributed by atoms with Crippen molar-refractivity contribution in [1.29, 1.82) is 0 Å². The smallest absolute Gasteiger partial charge is 0.369 e. The topological polar surface area (TPSA) is 55.9 Å². The summed E-state index contributed by atoms with van der Waals surface area (Å²) < 4.78 is 38.8. The van der Waals surface area contributed by atoms with E-state index in [9.17, 15) is 22.8 Å². The second kappa shape index (κ2) is 6.65. The second-order valence-corrected chi connectivity index (χ2v) is 7.93. The van der Waals surface area contributed by atoms with Crippen molar-refractivity contribution >= 4 is 17.6 Å². The van der Waals surface area contributed by atoms with Gasteiger partial charge in [-0.2, -0.15) is 13.2 Å². The number of hydrogen-bond acceptors (Lipinski definition) is 4. The van der Waals surface area contributed by atoms with E-state index in [1.54, 1.807) is 13.0 Å². The van der Waals surface area contributed by atoms with E-state index in [2.05, 4.69) is 5.32 Å². The lowest BCUT2D eigenvalue weighted by Crippen LogP contribution is -2.52. The molecule has 1 aromatic carbocycles. The van der Waals surface area contributed by atoms with E-state index >= 15 is 0 Å². The summed E-state index contributed by atoms with van der Waals surface area (Å²) in [5, 5.41) is 2.83. The van der Waals surface area contributed by atoms with E-state index < -0.39 is 17.3 Å². The maximum Gasteiger partial charge on any atom is 0.416 e. The minimum atomic E-state index is -4.37. The van der Waals surface area contributed by atoms with E-state index in [1.165, 1.54) is 11.0 Å². The third-order valence-electron chi connectivity index (χ3n) is 5.95. The quantitative estimate of drug-likeness (QED) is 0.795. The Morgan fingerprint density at radius 1 is 1.14 bits per heavy atom. The van der Waals surface area contributed by atoms with Crippen LogP contribution < -0.4 is 10.2 Å². The van der Waals surface area contributed by atoms with Crippen LogP contribution >= 0.6 is 0 Å². The SMILES string of the molecule is C[C@]1(C2CC2)NC(=O)N(CN2CCN(c3cccc(C(F)(F)F)c3)CC2)C1=O. The molecule has 28 heavy (non-hydrogen) atoms. The van der Waals surface area contributed by atoms with Crippen molar-refractivity contribution in [2.24, 2.45) is 5.92 Å². The number of carbonyl (C=O) groups is 2. The fourth-order valence-corrected chi connectivity index (χ4v) is 4.01. The molecule has 1 aromatic rings. The Balaban J connectivity index is 1.36. The van der Waals surface area contributed by atoms with Gasteiger partial charge in [0.05, 0.1) is 12.2 Å². The molecule has 3 amide bonds. The average molecular weight is 396 g/mol. The lowest BCUT2D eigenvalue weighted by molar-refractivity contribution is -0.137. The van der Waals surface area contributed by atoms with Gasteiger partial charge in [-0.05, 0) is 43.9 Å². The number of nitrogens with zero attached hydrogens (tertiary/aromatic N) is 3. The zero-order valence-corrected chi connectivity index (χ0v) is 15.6. The van der Waals surface area contributed by atoms with Crippen molar-refractivity contribution in [3.8, 4) is 0 Å². The molecule has 6 nitrogen and oxygen atoms in total. The van der Waals surface area contributed by atoms with Crippen molar-refractivity contribution < 1.29 is 22.8 Å². The number of hydrogen-bond donors (Lipinski definition) is 1. The molecular weight excluding hydrogens is 373 g/mol. The van der Waals surface area contributed by atoms with Crippen LogP contribution in [0.1, 0.15) is 25.3 Å². The monoisotopic (exact) mass is 396 g/mol. The third-order valence-corrected chi connectivity index (χ3v) is 5.95. The van der Waals surface area contributed by atoms with Crippen LogP contribution in [-0.2, 0) is 11.0 Å². The van der Waals surface area contributed by atoms with Gasteiger partial charge in [0.2, 0.25) is 0 Å². The third kappa shape index (κ3) is 3.43. The molecule has 4 rings (SSSR count). The number of alkyl halides is 3. The van der Waals surface area contributed by atoms with E-state index in [0.29, 0.717) is 31.9 Å². The molecule has 1 aliphatic carbocycles. The highest BCUT2D eigenvalue weighted by Crippen LogP contribution is 2.42. The number of benzene rings is 1. The van der Waals surface area contributed by atoms with Gasteiger partial charge in [-0.25, -0.2) is 9.69 Å². The highest BCUT2D eigenvalue weighted by Gasteiger charge is 2.56. The summed E-state index contributed by atoms with van der Waals surface area (Å²) in [5.74, 6) is 0.0343. The van der Waals surface area contributed by atoms with E-state index in [1.807, 2.05) is 9.80 Å². The van der Waals surface area contributed by atoms with Gasteiger partial charge >= 0.3 is 12.2 Å². The van der Waals surface area contributed by atoms with Crippen LogP contribution in [-0.4, -0.2) is 60.1 Å². The molecular formula is C19H23F3N4O2. The molecule has 1 N–H and O–H groups in total. The summed E-state index contributed by atoms with van der Waals surface area (Å²) in [5.41, 5.74) is -0.923. The Morgan fingerprint density at radius 3 is 2.43 bits per heavy atom. The minimum Gasteiger partial charge on any atom is -0.369 e. The normalized spacial score (nSPS) is 26.7. The first-order valence-corrected chi connectivity index (χ1v) is 9.47. The Hall–Kier alpha value is -2.29. The van der Waals surface area contributed by atoms with Crippen LogP contribution in [0.15, 0.2) is 24.3 Å². The van der Waals surface area contributed by atoms with Crippen molar-refractivity contribution in [1.82, 2.24) is 15.1 Å². The number of anilines is 1. The first kappa shape index (κ1) is 19.0. The van der Waals surface area contributed by atoms with E-state index in [-0.39, 0.29) is 24.5 Å². The number of amides is 3. The lowest BCUT2D eigenvalue weighted by atomic mass is 9.96. The standard InChI is InChI=1S/C19H23F3N4O2/c1-18(13-5-6-13)16(27)26(17(28)23-18)12-24-7-9-25(10-8-24)15-4-2-3-14(11-15)19(20,21)22/h2-4,11,13H,5-10,12H2,1H3,(H,23,28)/t18-/m1/s1. The maximum absolute atomic E-state index is 12.9. The summed E-state index contributed by atoms with van der Waals surface area (Å²) >= 11 is 0. The maximum atomic E-state index is 12.9. The molecule has 0 spiro atoms. The van der Waals surface area contributed by atoms with Crippen LogP contribution in [0.5, 0.6) is 0 Å². The lowest BCUT2D eigenvalue weighted by Gasteiger charge is -2.37. The molecule has 3 fully saturated rings. The van der Waals surface area contributed by atoms with E-state index in [0.717, 1.165) is 25.0 Å². The van der Waals surface area contributed by atoms with Gasteiger partial charge in [-0.15, -0.1) is 0 Å².